The molecule has 0 aromatic carbocycles. The molecule has 3 heterocycles. The average molecular weight is 288 g/mol. The minimum atomic E-state index is 0.0388. The lowest BCUT2D eigenvalue weighted by Gasteiger charge is -2.20. The Bertz CT molecular complexity index is 657. The fourth-order valence-corrected chi connectivity index (χ4v) is 2.77. The smallest absolute Gasteiger partial charge is 0.272 e. The van der Waals surface area contributed by atoms with Gasteiger partial charge in [-0.3, -0.25) is 9.20 Å². The molecule has 1 aliphatic rings. The van der Waals surface area contributed by atoms with Gasteiger partial charge in [-0.1, -0.05) is 0 Å². The summed E-state index contributed by atoms with van der Waals surface area (Å²) >= 11 is 0. The van der Waals surface area contributed by atoms with E-state index in [1.54, 1.807) is 7.11 Å². The molecule has 1 fully saturated rings. The molecule has 21 heavy (non-hydrogen) atoms. The summed E-state index contributed by atoms with van der Waals surface area (Å²) in [6, 6.07) is 3.72. The lowest BCUT2D eigenvalue weighted by molar-refractivity contribution is 0.0758. The van der Waals surface area contributed by atoms with Gasteiger partial charge in [-0.25, -0.2) is 4.98 Å². The number of hydrogen-bond acceptors (Lipinski definition) is 4. The number of carbonyl (C=O) groups excluding carboxylic acids is 1. The van der Waals surface area contributed by atoms with Crippen LogP contribution in [0.1, 0.15) is 22.6 Å². The molecule has 0 atom stereocenters. The highest BCUT2D eigenvalue weighted by Gasteiger charge is 2.24. The largest absolute Gasteiger partial charge is 0.493 e. The van der Waals surface area contributed by atoms with Gasteiger partial charge in [0, 0.05) is 25.8 Å². The van der Waals surface area contributed by atoms with Crippen LogP contribution in [0, 0.1) is 6.92 Å². The topological polar surface area (TPSA) is 58.9 Å². The monoisotopic (exact) mass is 288 g/mol. The van der Waals surface area contributed by atoms with Gasteiger partial charge in [0.05, 0.1) is 12.8 Å². The summed E-state index contributed by atoms with van der Waals surface area (Å²) in [7, 11) is 1.61. The Balaban J connectivity index is 2.03. The van der Waals surface area contributed by atoms with Crippen molar-refractivity contribution >= 4 is 11.6 Å². The second-order valence-corrected chi connectivity index (χ2v) is 5.21. The highest BCUT2D eigenvalue weighted by Crippen LogP contribution is 2.22. The summed E-state index contributed by atoms with van der Waals surface area (Å²) in [4.78, 5) is 19.2. The van der Waals surface area contributed by atoms with E-state index in [4.69, 9.17) is 4.74 Å². The lowest BCUT2D eigenvalue weighted by atomic mass is 10.3. The van der Waals surface area contributed by atoms with Crippen LogP contribution in [0.5, 0.6) is 5.75 Å². The molecule has 1 amide bonds. The van der Waals surface area contributed by atoms with Gasteiger partial charge in [-0.15, -0.1) is 0 Å². The number of aromatic nitrogens is 2. The highest BCUT2D eigenvalue weighted by molar-refractivity contribution is 5.95. The third-order valence-electron chi connectivity index (χ3n) is 3.84. The fourth-order valence-electron chi connectivity index (χ4n) is 2.77. The molecule has 0 aliphatic carbocycles. The molecule has 6 nitrogen and oxygen atoms in total. The van der Waals surface area contributed by atoms with Crippen LogP contribution in [0.25, 0.3) is 5.65 Å². The van der Waals surface area contributed by atoms with E-state index in [0.717, 1.165) is 38.3 Å². The maximum atomic E-state index is 12.8. The normalized spacial score (nSPS) is 16.0. The number of aryl methyl sites for hydroxylation is 1. The van der Waals surface area contributed by atoms with Crippen LogP contribution >= 0.6 is 0 Å². The number of ether oxygens (including phenoxy) is 1. The van der Waals surface area contributed by atoms with Crippen molar-refractivity contribution in [2.24, 2.45) is 0 Å². The van der Waals surface area contributed by atoms with Gasteiger partial charge in [0.15, 0.2) is 11.4 Å². The number of pyridine rings is 1. The van der Waals surface area contributed by atoms with Gasteiger partial charge in [0.2, 0.25) is 0 Å². The van der Waals surface area contributed by atoms with Crippen LogP contribution in [0.2, 0.25) is 0 Å². The Hall–Kier alpha value is -2.08. The van der Waals surface area contributed by atoms with Crippen LogP contribution in [0.4, 0.5) is 0 Å². The van der Waals surface area contributed by atoms with Crippen molar-refractivity contribution in [1.29, 1.82) is 0 Å². The van der Waals surface area contributed by atoms with Crippen LogP contribution in [-0.2, 0) is 0 Å². The van der Waals surface area contributed by atoms with E-state index in [1.165, 1.54) is 0 Å². The molecule has 2 aromatic heterocycles. The number of methoxy groups -OCH3 is 1. The van der Waals surface area contributed by atoms with E-state index in [9.17, 15) is 4.79 Å². The van der Waals surface area contributed by atoms with Crippen LogP contribution in [0.15, 0.2) is 18.3 Å². The Morgan fingerprint density at radius 2 is 2.24 bits per heavy atom. The quantitative estimate of drug-likeness (QED) is 0.898. The summed E-state index contributed by atoms with van der Waals surface area (Å²) in [6.45, 7) is 5.18. The van der Waals surface area contributed by atoms with Gasteiger partial charge in [0.1, 0.15) is 5.69 Å². The number of carbonyl (C=O) groups is 1. The second-order valence-electron chi connectivity index (χ2n) is 5.21. The van der Waals surface area contributed by atoms with Crippen molar-refractivity contribution in [3.8, 4) is 5.75 Å². The molecule has 0 saturated carbocycles. The number of amides is 1. The number of nitrogens with one attached hydrogen (secondary N) is 1. The number of hydrogen-bond donors (Lipinski definition) is 1. The third-order valence-corrected chi connectivity index (χ3v) is 3.84. The molecule has 1 saturated heterocycles. The Labute approximate surface area is 123 Å². The fraction of sp³-hybridized carbons (Fsp3) is 0.467. The molecule has 0 unspecified atom stereocenters. The molecule has 0 radical (unpaired) electrons. The maximum absolute atomic E-state index is 12.8. The Morgan fingerprint density at radius 1 is 1.38 bits per heavy atom. The van der Waals surface area contributed by atoms with Gasteiger partial charge in [-0.05, 0) is 32.0 Å². The van der Waals surface area contributed by atoms with Crippen molar-refractivity contribution in [3.05, 3.63) is 29.7 Å². The molecule has 1 N–H and O–H groups in total. The summed E-state index contributed by atoms with van der Waals surface area (Å²) in [5.74, 6) is 0.717. The van der Waals surface area contributed by atoms with Gasteiger partial charge in [0.25, 0.3) is 5.91 Å². The summed E-state index contributed by atoms with van der Waals surface area (Å²) in [6.07, 6.45) is 2.84. The minimum absolute atomic E-state index is 0.0388. The molecule has 3 rings (SSSR count). The molecular formula is C15H20N4O2. The molecule has 112 valence electrons. The Morgan fingerprint density at radius 3 is 3.05 bits per heavy atom. The average Bonchev–Trinajstić information content (AvgIpc) is 2.68. The zero-order valence-electron chi connectivity index (χ0n) is 12.4. The van der Waals surface area contributed by atoms with Crippen LogP contribution < -0.4 is 10.1 Å². The first-order chi connectivity index (χ1) is 10.2. The molecule has 6 heteroatoms. The summed E-state index contributed by atoms with van der Waals surface area (Å²) < 4.78 is 7.15. The Kier molecular flexibility index (Phi) is 3.79. The third kappa shape index (κ3) is 2.47. The molecule has 2 aromatic rings. The molecule has 0 bridgehead atoms. The highest BCUT2D eigenvalue weighted by atomic mass is 16.5. The number of rotatable bonds is 2. The van der Waals surface area contributed by atoms with Crippen molar-refractivity contribution in [3.63, 3.8) is 0 Å². The van der Waals surface area contributed by atoms with Crippen LogP contribution in [-0.4, -0.2) is 53.5 Å². The maximum Gasteiger partial charge on any atom is 0.272 e. The molecule has 0 spiro atoms. The SMILES string of the molecule is COc1cccn2c(C(=O)N3CCCNCC3)c(C)nc12. The van der Waals surface area contributed by atoms with E-state index >= 15 is 0 Å². The number of nitrogens with zero attached hydrogens (tertiary/aromatic N) is 3. The lowest BCUT2D eigenvalue weighted by Crippen LogP contribution is -2.35. The standard InChI is InChI=1S/C15H20N4O2/c1-11-13(15(20)18-8-4-6-16-7-10-18)19-9-3-5-12(21-2)14(19)17-11/h3,5,9,16H,4,6-8,10H2,1-2H3. The first-order valence-corrected chi connectivity index (χ1v) is 7.24. The summed E-state index contributed by atoms with van der Waals surface area (Å²) in [5, 5.41) is 3.31. The van der Waals surface area contributed by atoms with Gasteiger partial charge < -0.3 is 15.0 Å². The first-order valence-electron chi connectivity index (χ1n) is 7.24. The van der Waals surface area contributed by atoms with Gasteiger partial charge >= 0.3 is 0 Å². The van der Waals surface area contributed by atoms with Crippen molar-refractivity contribution in [2.45, 2.75) is 13.3 Å². The van der Waals surface area contributed by atoms with Crippen molar-refractivity contribution < 1.29 is 9.53 Å². The van der Waals surface area contributed by atoms with Gasteiger partial charge in [-0.2, -0.15) is 0 Å². The van der Waals surface area contributed by atoms with Crippen molar-refractivity contribution in [2.75, 3.05) is 33.3 Å². The number of imidazole rings is 1. The zero-order chi connectivity index (χ0) is 14.8. The van der Waals surface area contributed by atoms with E-state index in [2.05, 4.69) is 10.3 Å². The van der Waals surface area contributed by atoms with Crippen molar-refractivity contribution in [1.82, 2.24) is 19.6 Å². The number of fused-ring (bicyclic) bond motifs is 1. The second kappa shape index (κ2) is 5.73. The van der Waals surface area contributed by atoms with E-state index in [-0.39, 0.29) is 5.91 Å². The van der Waals surface area contributed by atoms with E-state index in [0.29, 0.717) is 17.1 Å². The predicted octanol–water partition coefficient (Wildman–Crippen LogP) is 1.09. The van der Waals surface area contributed by atoms with Crippen LogP contribution in [0.3, 0.4) is 0 Å². The van der Waals surface area contributed by atoms with E-state index < -0.39 is 0 Å². The molecule has 1 aliphatic heterocycles. The predicted molar refractivity (Wildman–Crippen MR) is 79.9 cm³/mol. The first kappa shape index (κ1) is 13.9. The summed E-state index contributed by atoms with van der Waals surface area (Å²) in [5.41, 5.74) is 2.06. The minimum Gasteiger partial charge on any atom is -0.493 e. The molecular weight excluding hydrogens is 268 g/mol. The van der Waals surface area contributed by atoms with E-state index in [1.807, 2.05) is 34.6 Å². The zero-order valence-corrected chi connectivity index (χ0v) is 12.4.